The van der Waals surface area contributed by atoms with E-state index >= 15 is 0 Å². The molecule has 0 radical (unpaired) electrons. The van der Waals surface area contributed by atoms with Crippen LogP contribution in [0.1, 0.15) is 58.9 Å². The Labute approximate surface area is 218 Å². The summed E-state index contributed by atoms with van der Waals surface area (Å²) in [6.07, 6.45) is 2.09. The Morgan fingerprint density at radius 2 is 1.74 bits per heavy atom. The van der Waals surface area contributed by atoms with Crippen LogP contribution in [0.15, 0.2) is 72.8 Å². The number of benzene rings is 3. The fraction of sp³-hybridized carbons (Fsp3) is 0.267. The molecule has 8 heteroatoms. The van der Waals surface area contributed by atoms with Crippen molar-refractivity contribution >= 4 is 22.9 Å². The normalized spacial score (nSPS) is 15.2. The van der Waals surface area contributed by atoms with Crippen LogP contribution in [0.4, 0.5) is 8.78 Å². The molecule has 1 amide bonds. The number of alkyl halides is 2. The van der Waals surface area contributed by atoms with Crippen molar-refractivity contribution in [2.24, 2.45) is 0 Å². The monoisotopic (exact) mass is 515 g/mol. The molecule has 0 saturated carbocycles. The van der Waals surface area contributed by atoms with Gasteiger partial charge in [0.25, 0.3) is 5.91 Å². The Kier molecular flexibility index (Phi) is 7.13. The fourth-order valence-electron chi connectivity index (χ4n) is 4.96. The molecule has 38 heavy (non-hydrogen) atoms. The maximum Gasteiger partial charge on any atom is 0.374 e. The molecule has 0 fully saturated rings. The first kappa shape index (κ1) is 25.4. The van der Waals surface area contributed by atoms with Crippen molar-refractivity contribution in [1.29, 1.82) is 0 Å². The van der Waals surface area contributed by atoms with Gasteiger partial charge in [0.15, 0.2) is 0 Å². The highest BCUT2D eigenvalue weighted by atomic mass is 19.3. The van der Waals surface area contributed by atoms with Crippen molar-refractivity contribution in [2.75, 3.05) is 0 Å². The minimum absolute atomic E-state index is 0.0684. The average molecular weight is 516 g/mol. The molecule has 1 aliphatic rings. The van der Waals surface area contributed by atoms with E-state index in [2.05, 4.69) is 17.4 Å². The van der Waals surface area contributed by atoms with Crippen molar-refractivity contribution in [1.82, 2.24) is 15.3 Å². The minimum atomic E-state index is -3.81. The number of aryl methyl sites for hydroxylation is 2. The zero-order valence-electron chi connectivity index (χ0n) is 20.7. The van der Waals surface area contributed by atoms with E-state index in [-0.39, 0.29) is 24.8 Å². The predicted octanol–water partition coefficient (Wildman–Crippen LogP) is 6.15. The maximum atomic E-state index is 13.7. The van der Waals surface area contributed by atoms with Crippen molar-refractivity contribution in [3.63, 3.8) is 0 Å². The molecule has 1 aromatic heterocycles. The van der Waals surface area contributed by atoms with Crippen LogP contribution in [-0.2, 0) is 17.6 Å². The van der Waals surface area contributed by atoms with Crippen molar-refractivity contribution < 1.29 is 23.5 Å². The third-order valence-electron chi connectivity index (χ3n) is 6.94. The maximum absolute atomic E-state index is 13.7. The van der Waals surface area contributed by atoms with E-state index in [4.69, 9.17) is 15.1 Å². The molecule has 2 N–H and O–H groups in total. The van der Waals surface area contributed by atoms with Gasteiger partial charge in [-0.2, -0.15) is 8.78 Å². The van der Waals surface area contributed by atoms with E-state index in [1.165, 1.54) is 5.56 Å². The summed E-state index contributed by atoms with van der Waals surface area (Å²) < 4.78 is 27.3. The Morgan fingerprint density at radius 3 is 2.53 bits per heavy atom. The molecule has 0 bridgehead atoms. The number of halogens is 2. The number of carboxylic acids is 1. The van der Waals surface area contributed by atoms with Gasteiger partial charge in [0.1, 0.15) is 0 Å². The summed E-state index contributed by atoms with van der Waals surface area (Å²) in [6.45, 7) is 0. The van der Waals surface area contributed by atoms with E-state index < -0.39 is 18.3 Å². The number of aromatic nitrogens is 2. The summed E-state index contributed by atoms with van der Waals surface area (Å²) in [5.74, 6) is -6.16. The van der Waals surface area contributed by atoms with Gasteiger partial charge in [-0.15, -0.1) is 0 Å². The molecule has 3 aromatic carbocycles. The Bertz CT molecular complexity index is 1490. The second-order valence-corrected chi connectivity index (χ2v) is 9.57. The molecule has 5 rings (SSSR count). The summed E-state index contributed by atoms with van der Waals surface area (Å²) in [7, 11) is 0. The number of carbonyl (C=O) groups excluding carboxylic acids is 1. The van der Waals surface area contributed by atoms with E-state index in [0.717, 1.165) is 30.4 Å². The Morgan fingerprint density at radius 1 is 0.974 bits per heavy atom. The molecule has 0 spiro atoms. The lowest BCUT2D eigenvalue weighted by Crippen LogP contribution is -2.31. The number of hydrogen-bond acceptors (Lipinski definition) is 4. The lowest BCUT2D eigenvalue weighted by atomic mass is 9.87. The van der Waals surface area contributed by atoms with E-state index in [1.807, 2.05) is 42.5 Å². The third kappa shape index (κ3) is 5.39. The van der Waals surface area contributed by atoms with Crippen LogP contribution >= 0.6 is 0 Å². The van der Waals surface area contributed by atoms with Crippen molar-refractivity contribution in [3.8, 4) is 11.3 Å². The van der Waals surface area contributed by atoms with E-state index in [9.17, 15) is 18.4 Å². The van der Waals surface area contributed by atoms with Gasteiger partial charge in [0.05, 0.1) is 28.5 Å². The quantitative estimate of drug-likeness (QED) is 0.294. The van der Waals surface area contributed by atoms with Gasteiger partial charge in [-0.05, 0) is 61.4 Å². The number of aliphatic carboxylic acids is 1. The standard InChI is InChI=1S/C30H27F2N3O3/c31-30(32,29(37)38)17-7-14-25-27(20-9-2-1-3-10-20)34-24-16-15-21(18-26(24)33-25)28(36)35-23-13-6-11-19-8-4-5-12-22(19)23/h1-5,8-10,12,15-16,18,23H,6-7,11,13-14,17H2,(H,35,36)(H,37,38)/t23-/m1/s1. The van der Waals surface area contributed by atoms with Crippen LogP contribution in [0.5, 0.6) is 0 Å². The van der Waals surface area contributed by atoms with Crippen LogP contribution in [0.3, 0.4) is 0 Å². The fourth-order valence-corrected chi connectivity index (χ4v) is 4.96. The molecule has 0 unspecified atom stereocenters. The second kappa shape index (κ2) is 10.7. The van der Waals surface area contributed by atoms with Gasteiger partial charge in [-0.3, -0.25) is 4.79 Å². The topological polar surface area (TPSA) is 92.2 Å². The first-order valence-corrected chi connectivity index (χ1v) is 12.7. The third-order valence-corrected chi connectivity index (χ3v) is 6.94. The highest BCUT2D eigenvalue weighted by Crippen LogP contribution is 2.30. The highest BCUT2D eigenvalue weighted by molar-refractivity contribution is 5.97. The summed E-state index contributed by atoms with van der Waals surface area (Å²) >= 11 is 0. The van der Waals surface area contributed by atoms with Crippen molar-refractivity contribution in [3.05, 3.63) is 95.2 Å². The zero-order chi connectivity index (χ0) is 26.7. The van der Waals surface area contributed by atoms with E-state index in [0.29, 0.717) is 28.0 Å². The average Bonchev–Trinajstić information content (AvgIpc) is 2.93. The molecule has 1 atom stereocenters. The van der Waals surface area contributed by atoms with Crippen molar-refractivity contribution in [2.45, 2.75) is 50.5 Å². The second-order valence-electron chi connectivity index (χ2n) is 9.57. The zero-order valence-corrected chi connectivity index (χ0v) is 20.7. The van der Waals surface area contributed by atoms with Crippen LogP contribution < -0.4 is 5.32 Å². The SMILES string of the molecule is O=C(N[C@@H]1CCCc2ccccc21)c1ccc2nc(-c3ccccc3)c(CCCC(F)(F)C(=O)O)nc2c1. The number of carbonyl (C=O) groups is 2. The summed E-state index contributed by atoms with van der Waals surface area (Å²) in [5, 5.41) is 11.9. The van der Waals surface area contributed by atoms with Crippen LogP contribution in [0, 0.1) is 0 Å². The highest BCUT2D eigenvalue weighted by Gasteiger charge is 2.37. The summed E-state index contributed by atoms with van der Waals surface area (Å²) in [4.78, 5) is 33.5. The van der Waals surface area contributed by atoms with Crippen LogP contribution in [0.2, 0.25) is 0 Å². The first-order chi connectivity index (χ1) is 18.3. The van der Waals surface area contributed by atoms with Gasteiger partial charge < -0.3 is 10.4 Å². The molecular weight excluding hydrogens is 488 g/mol. The molecule has 1 heterocycles. The van der Waals surface area contributed by atoms with Gasteiger partial charge in [0, 0.05) is 17.5 Å². The summed E-state index contributed by atoms with van der Waals surface area (Å²) in [6, 6.07) is 22.4. The number of rotatable bonds is 8. The molecule has 4 aromatic rings. The number of nitrogens with zero attached hydrogens (tertiary/aromatic N) is 2. The lowest BCUT2D eigenvalue weighted by Gasteiger charge is -2.26. The van der Waals surface area contributed by atoms with Gasteiger partial charge in [-0.25, -0.2) is 14.8 Å². The molecule has 194 valence electrons. The van der Waals surface area contributed by atoms with Crippen LogP contribution in [-0.4, -0.2) is 32.9 Å². The molecular formula is C30H27F2N3O3. The summed E-state index contributed by atoms with van der Waals surface area (Å²) in [5.41, 5.74) is 5.67. The lowest BCUT2D eigenvalue weighted by molar-refractivity contribution is -0.165. The van der Waals surface area contributed by atoms with Gasteiger partial charge in [-0.1, -0.05) is 54.6 Å². The van der Waals surface area contributed by atoms with Gasteiger partial charge in [0.2, 0.25) is 0 Å². The molecule has 0 aliphatic heterocycles. The first-order valence-electron chi connectivity index (χ1n) is 12.7. The van der Waals surface area contributed by atoms with E-state index in [1.54, 1.807) is 18.2 Å². The number of amides is 1. The minimum Gasteiger partial charge on any atom is -0.477 e. The number of fused-ring (bicyclic) bond motifs is 2. The molecule has 1 aliphatic carbocycles. The number of carboxylic acid groups (broad SMARTS) is 1. The Hall–Kier alpha value is -4.20. The molecule has 0 saturated heterocycles. The Balaban J connectivity index is 1.43. The predicted molar refractivity (Wildman–Crippen MR) is 140 cm³/mol. The smallest absolute Gasteiger partial charge is 0.374 e. The van der Waals surface area contributed by atoms with Crippen LogP contribution in [0.25, 0.3) is 22.3 Å². The largest absolute Gasteiger partial charge is 0.477 e. The molecule has 6 nitrogen and oxygen atoms in total. The van der Waals surface area contributed by atoms with Gasteiger partial charge >= 0.3 is 11.9 Å². The number of hydrogen-bond donors (Lipinski definition) is 2. The number of nitrogens with one attached hydrogen (secondary N) is 1.